The number of nitrogen functional groups attached to an aromatic ring is 1. The predicted octanol–water partition coefficient (Wildman–Crippen LogP) is 2.65. The predicted molar refractivity (Wildman–Crippen MR) is 92.9 cm³/mol. The van der Waals surface area contributed by atoms with Crippen LogP contribution in [0.15, 0.2) is 28.8 Å². The van der Waals surface area contributed by atoms with Gasteiger partial charge < -0.3 is 15.6 Å². The molecular weight excluding hydrogens is 324 g/mol. The second-order valence-corrected chi connectivity index (χ2v) is 7.09. The maximum Gasteiger partial charge on any atom is 0.229 e. The van der Waals surface area contributed by atoms with Crippen molar-refractivity contribution in [3.63, 3.8) is 0 Å². The highest BCUT2D eigenvalue weighted by molar-refractivity contribution is 7.15. The fourth-order valence-corrected chi connectivity index (χ4v) is 4.17. The monoisotopic (exact) mass is 342 g/mol. The van der Waals surface area contributed by atoms with Gasteiger partial charge in [0.05, 0.1) is 17.3 Å². The summed E-state index contributed by atoms with van der Waals surface area (Å²) in [6.07, 6.45) is 3.44. The molecule has 1 aliphatic rings. The number of para-hydroxylation sites is 1. The molecule has 1 atom stereocenters. The lowest BCUT2D eigenvalue weighted by molar-refractivity contribution is -0.122. The molecule has 3 N–H and O–H groups in total. The van der Waals surface area contributed by atoms with Crippen molar-refractivity contribution in [3.8, 4) is 0 Å². The van der Waals surface area contributed by atoms with E-state index in [9.17, 15) is 4.79 Å². The first-order valence-electron chi connectivity index (χ1n) is 8.08. The molecule has 1 unspecified atom stereocenters. The summed E-state index contributed by atoms with van der Waals surface area (Å²) in [7, 11) is 0. The molecule has 1 amide bonds. The molecule has 0 radical (unpaired) electrons. The van der Waals surface area contributed by atoms with Gasteiger partial charge in [-0.05, 0) is 31.4 Å². The van der Waals surface area contributed by atoms with Gasteiger partial charge in [-0.3, -0.25) is 4.79 Å². The van der Waals surface area contributed by atoms with Crippen molar-refractivity contribution in [2.45, 2.75) is 31.6 Å². The Morgan fingerprint density at radius 3 is 3.21 bits per heavy atom. The highest BCUT2D eigenvalue weighted by atomic mass is 32.1. The number of fused-ring (bicyclic) bond motifs is 2. The number of rotatable bonds is 4. The largest absolute Gasteiger partial charge is 0.375 e. The van der Waals surface area contributed by atoms with E-state index in [-0.39, 0.29) is 11.8 Å². The molecule has 0 fully saturated rings. The van der Waals surface area contributed by atoms with E-state index in [2.05, 4.69) is 15.5 Å². The van der Waals surface area contributed by atoms with Crippen LogP contribution >= 0.6 is 11.3 Å². The molecule has 0 spiro atoms. The molecule has 0 saturated heterocycles. The number of hydrogen-bond acceptors (Lipinski definition) is 6. The third kappa shape index (κ3) is 2.75. The number of aromatic nitrogens is 2. The number of nitrogens with one attached hydrogen (secondary N) is 1. The van der Waals surface area contributed by atoms with Crippen molar-refractivity contribution in [1.29, 1.82) is 0 Å². The fraction of sp³-hybridized carbons (Fsp3) is 0.353. The average molecular weight is 342 g/mol. The van der Waals surface area contributed by atoms with Crippen molar-refractivity contribution in [3.05, 3.63) is 40.5 Å². The molecule has 1 aliphatic carbocycles. The van der Waals surface area contributed by atoms with Crippen molar-refractivity contribution in [2.75, 3.05) is 12.3 Å². The van der Waals surface area contributed by atoms with E-state index in [1.54, 1.807) is 0 Å². The van der Waals surface area contributed by atoms with Gasteiger partial charge in [0.15, 0.2) is 10.7 Å². The number of amides is 1. The molecule has 0 aliphatic heterocycles. The van der Waals surface area contributed by atoms with Crippen LogP contribution in [0, 0.1) is 0 Å². The lowest BCUT2D eigenvalue weighted by Crippen LogP contribution is -2.32. The van der Waals surface area contributed by atoms with Crippen LogP contribution in [-0.2, 0) is 17.6 Å². The molecule has 7 heteroatoms. The molecule has 2 aromatic heterocycles. The smallest absolute Gasteiger partial charge is 0.229 e. The van der Waals surface area contributed by atoms with Crippen molar-refractivity contribution >= 4 is 33.3 Å². The number of carbonyl (C=O) groups is 1. The summed E-state index contributed by atoms with van der Waals surface area (Å²) in [5.41, 5.74) is 8.30. The van der Waals surface area contributed by atoms with Gasteiger partial charge in [0.1, 0.15) is 0 Å². The summed E-state index contributed by atoms with van der Waals surface area (Å²) in [4.78, 5) is 18.0. The van der Waals surface area contributed by atoms with Gasteiger partial charge in [0.25, 0.3) is 0 Å². The van der Waals surface area contributed by atoms with Gasteiger partial charge in [0.2, 0.25) is 5.91 Å². The van der Waals surface area contributed by atoms with Crippen LogP contribution in [0.1, 0.15) is 35.0 Å². The number of anilines is 1. The van der Waals surface area contributed by atoms with Crippen molar-refractivity contribution < 1.29 is 9.32 Å². The third-order valence-electron chi connectivity index (χ3n) is 4.40. The quantitative estimate of drug-likeness (QED) is 0.760. The van der Waals surface area contributed by atoms with Crippen LogP contribution in [0.25, 0.3) is 11.0 Å². The summed E-state index contributed by atoms with van der Waals surface area (Å²) in [6, 6.07) is 7.74. The first kappa shape index (κ1) is 15.1. The number of nitrogens with zero attached hydrogens (tertiary/aromatic N) is 2. The first-order valence-corrected chi connectivity index (χ1v) is 8.90. The van der Waals surface area contributed by atoms with Gasteiger partial charge in [-0.2, -0.15) is 0 Å². The number of nitrogens with two attached hydrogens (primary N) is 1. The molecule has 2 heterocycles. The number of aryl methyl sites for hydroxylation is 1. The molecule has 4 rings (SSSR count). The lowest BCUT2D eigenvalue weighted by Gasteiger charge is -2.20. The van der Waals surface area contributed by atoms with Crippen LogP contribution in [0.2, 0.25) is 0 Å². The molecule has 0 saturated carbocycles. The molecule has 6 nitrogen and oxygen atoms in total. The van der Waals surface area contributed by atoms with Crippen LogP contribution in [0.5, 0.6) is 0 Å². The minimum Gasteiger partial charge on any atom is -0.375 e. The topological polar surface area (TPSA) is 94.0 Å². The van der Waals surface area contributed by atoms with E-state index in [4.69, 9.17) is 10.3 Å². The Bertz CT molecular complexity index is 886. The molecule has 3 aromatic rings. The maximum absolute atomic E-state index is 12.5. The Morgan fingerprint density at radius 2 is 2.29 bits per heavy atom. The van der Waals surface area contributed by atoms with Crippen LogP contribution in [0.3, 0.4) is 0 Å². The van der Waals surface area contributed by atoms with Gasteiger partial charge in [0, 0.05) is 23.2 Å². The number of hydrogen-bond donors (Lipinski definition) is 2. The minimum absolute atomic E-state index is 0.0223. The van der Waals surface area contributed by atoms with E-state index < -0.39 is 0 Å². The highest BCUT2D eigenvalue weighted by Gasteiger charge is 2.29. The normalized spacial score (nSPS) is 16.9. The highest BCUT2D eigenvalue weighted by Crippen LogP contribution is 2.35. The molecule has 24 heavy (non-hydrogen) atoms. The molecule has 124 valence electrons. The Morgan fingerprint density at radius 1 is 1.42 bits per heavy atom. The fourth-order valence-electron chi connectivity index (χ4n) is 3.24. The lowest BCUT2D eigenvalue weighted by atomic mass is 9.90. The minimum atomic E-state index is -0.184. The SMILES string of the molecule is Nc1nc2c(s1)CCCC2C(=O)NCCc1noc2ccccc12. The Labute approximate surface area is 143 Å². The molecular formula is C17H18N4O2S. The zero-order valence-corrected chi connectivity index (χ0v) is 13.9. The summed E-state index contributed by atoms with van der Waals surface area (Å²) in [5.74, 6) is -0.162. The summed E-state index contributed by atoms with van der Waals surface area (Å²) in [6.45, 7) is 0.529. The van der Waals surface area contributed by atoms with Gasteiger partial charge >= 0.3 is 0 Å². The summed E-state index contributed by atoms with van der Waals surface area (Å²) >= 11 is 1.50. The second kappa shape index (κ2) is 6.24. The standard InChI is InChI=1S/C17H18N4O2S/c18-17-20-15-11(5-3-7-14(15)24-17)16(22)19-9-8-12-10-4-1-2-6-13(10)23-21-12/h1-2,4,6,11H,3,5,7-9H2,(H2,18,20)(H,19,22). The van der Waals surface area contributed by atoms with E-state index in [0.717, 1.165) is 46.5 Å². The van der Waals surface area contributed by atoms with E-state index >= 15 is 0 Å². The maximum atomic E-state index is 12.5. The molecule has 0 bridgehead atoms. The zero-order chi connectivity index (χ0) is 16.5. The Kier molecular flexibility index (Phi) is 3.93. The Balaban J connectivity index is 1.41. The summed E-state index contributed by atoms with van der Waals surface area (Å²) in [5, 5.41) is 8.65. The molecule has 1 aromatic carbocycles. The van der Waals surface area contributed by atoms with Crippen LogP contribution in [-0.4, -0.2) is 22.6 Å². The van der Waals surface area contributed by atoms with E-state index in [0.29, 0.717) is 18.1 Å². The Hall–Kier alpha value is -2.41. The summed E-state index contributed by atoms with van der Waals surface area (Å²) < 4.78 is 5.29. The van der Waals surface area contributed by atoms with Crippen molar-refractivity contribution in [2.24, 2.45) is 0 Å². The zero-order valence-electron chi connectivity index (χ0n) is 13.1. The average Bonchev–Trinajstić information content (AvgIpc) is 3.17. The van der Waals surface area contributed by atoms with Gasteiger partial charge in [-0.25, -0.2) is 4.98 Å². The van der Waals surface area contributed by atoms with Crippen LogP contribution in [0.4, 0.5) is 5.13 Å². The van der Waals surface area contributed by atoms with Crippen molar-refractivity contribution in [1.82, 2.24) is 15.5 Å². The van der Waals surface area contributed by atoms with E-state index in [1.807, 2.05) is 24.3 Å². The second-order valence-electron chi connectivity index (χ2n) is 5.97. The van der Waals surface area contributed by atoms with Gasteiger partial charge in [-0.1, -0.05) is 17.3 Å². The first-order chi connectivity index (χ1) is 11.7. The van der Waals surface area contributed by atoms with Gasteiger partial charge in [-0.15, -0.1) is 11.3 Å². The van der Waals surface area contributed by atoms with Crippen LogP contribution < -0.4 is 11.1 Å². The number of carbonyl (C=O) groups excluding carboxylic acids is 1. The number of thiazole rings is 1. The third-order valence-corrected chi connectivity index (χ3v) is 5.36. The van der Waals surface area contributed by atoms with E-state index in [1.165, 1.54) is 11.3 Å². The number of benzene rings is 1.